The molecule has 1 saturated heterocycles. The van der Waals surface area contributed by atoms with Crippen molar-refractivity contribution in [3.63, 3.8) is 0 Å². The average Bonchev–Trinajstić information content (AvgIpc) is 2.51. The summed E-state index contributed by atoms with van der Waals surface area (Å²) in [5.41, 5.74) is 2.65. The molecular weight excluding hydrogens is 286 g/mol. The van der Waals surface area contributed by atoms with Crippen molar-refractivity contribution in [2.45, 2.75) is 13.1 Å². The van der Waals surface area contributed by atoms with Crippen LogP contribution in [0.4, 0.5) is 0 Å². The van der Waals surface area contributed by atoms with Crippen molar-refractivity contribution in [1.82, 2.24) is 19.6 Å². The Kier molecular flexibility index (Phi) is 6.42. The molecule has 0 atom stereocenters. The maximum atomic E-state index is 4.70. The number of rotatable bonds is 4. The molecule has 0 spiro atoms. The Bertz CT molecular complexity index is 489. The van der Waals surface area contributed by atoms with Crippen molar-refractivity contribution >= 4 is 5.96 Å². The molecule has 128 valence electrons. The van der Waals surface area contributed by atoms with Crippen LogP contribution in [0.15, 0.2) is 29.3 Å². The fourth-order valence-corrected chi connectivity index (χ4v) is 2.86. The molecule has 23 heavy (non-hydrogen) atoms. The lowest BCUT2D eigenvalue weighted by molar-refractivity contribution is 0.148. The lowest BCUT2D eigenvalue weighted by Gasteiger charge is -2.32. The van der Waals surface area contributed by atoms with Crippen LogP contribution in [-0.4, -0.2) is 87.0 Å². The molecule has 0 bridgehead atoms. The molecule has 0 amide bonds. The summed E-state index contributed by atoms with van der Waals surface area (Å²) >= 11 is 0. The topological polar surface area (TPSA) is 25.3 Å². The molecule has 5 heteroatoms. The predicted molar refractivity (Wildman–Crippen MR) is 97.7 cm³/mol. The molecule has 2 rings (SSSR count). The van der Waals surface area contributed by atoms with E-state index < -0.39 is 0 Å². The Balaban J connectivity index is 1.90. The van der Waals surface area contributed by atoms with E-state index in [0.29, 0.717) is 0 Å². The van der Waals surface area contributed by atoms with Crippen LogP contribution >= 0.6 is 0 Å². The van der Waals surface area contributed by atoms with Gasteiger partial charge in [-0.1, -0.05) is 24.3 Å². The summed E-state index contributed by atoms with van der Waals surface area (Å²) in [7, 11) is 10.3. The third-order valence-corrected chi connectivity index (χ3v) is 4.23. The van der Waals surface area contributed by atoms with Gasteiger partial charge in [0.15, 0.2) is 5.96 Å². The first-order valence-electron chi connectivity index (χ1n) is 8.33. The number of aliphatic imine (C=N–C) groups is 1. The zero-order chi connectivity index (χ0) is 16.8. The monoisotopic (exact) mass is 317 g/mol. The van der Waals surface area contributed by atoms with Crippen molar-refractivity contribution in [2.75, 3.05) is 61.4 Å². The molecule has 0 radical (unpaired) electrons. The second kappa shape index (κ2) is 8.31. The normalized spacial score (nSPS) is 16.2. The molecule has 1 heterocycles. The van der Waals surface area contributed by atoms with E-state index in [9.17, 15) is 0 Å². The van der Waals surface area contributed by atoms with Gasteiger partial charge in [0, 0.05) is 60.9 Å². The van der Waals surface area contributed by atoms with Gasteiger partial charge >= 0.3 is 0 Å². The highest BCUT2D eigenvalue weighted by Crippen LogP contribution is 2.10. The molecule has 0 saturated carbocycles. The molecular formula is C18H31N5. The van der Waals surface area contributed by atoms with Crippen LogP contribution in [0.3, 0.4) is 0 Å². The fraction of sp³-hybridized carbons (Fsp3) is 0.611. The first kappa shape index (κ1) is 17.8. The summed E-state index contributed by atoms with van der Waals surface area (Å²) in [6.45, 7) is 6.45. The van der Waals surface area contributed by atoms with Gasteiger partial charge in [0.1, 0.15) is 0 Å². The fourth-order valence-electron chi connectivity index (χ4n) is 2.86. The zero-order valence-corrected chi connectivity index (χ0v) is 15.3. The minimum atomic E-state index is 0.723. The lowest BCUT2D eigenvalue weighted by Crippen LogP contribution is -2.43. The molecule has 1 aromatic carbocycles. The molecule has 5 nitrogen and oxygen atoms in total. The molecule has 1 aliphatic rings. The van der Waals surface area contributed by atoms with E-state index in [1.54, 1.807) is 0 Å². The summed E-state index contributed by atoms with van der Waals surface area (Å²) in [6, 6.07) is 8.90. The van der Waals surface area contributed by atoms with E-state index in [1.807, 2.05) is 38.0 Å². The second-order valence-corrected chi connectivity index (χ2v) is 6.80. The SMILES string of the molecule is CN1CCN(Cc2ccc(CN=C(N(C)C)N(C)C)cc2)CC1. The Morgan fingerprint density at radius 1 is 0.913 bits per heavy atom. The number of nitrogens with zero attached hydrogens (tertiary/aromatic N) is 5. The van der Waals surface area contributed by atoms with Gasteiger partial charge < -0.3 is 14.7 Å². The first-order chi connectivity index (χ1) is 11.0. The van der Waals surface area contributed by atoms with Crippen LogP contribution in [0.5, 0.6) is 0 Å². The van der Waals surface area contributed by atoms with Crippen molar-refractivity contribution in [3.8, 4) is 0 Å². The van der Waals surface area contributed by atoms with Gasteiger partial charge in [-0.25, -0.2) is 4.99 Å². The Morgan fingerprint density at radius 2 is 1.43 bits per heavy atom. The highest BCUT2D eigenvalue weighted by molar-refractivity contribution is 5.79. The third-order valence-electron chi connectivity index (χ3n) is 4.23. The number of benzene rings is 1. The quantitative estimate of drug-likeness (QED) is 0.619. The Labute approximate surface area is 141 Å². The van der Waals surface area contributed by atoms with Crippen LogP contribution in [-0.2, 0) is 13.1 Å². The summed E-state index contributed by atoms with van der Waals surface area (Å²) in [5, 5.41) is 0. The van der Waals surface area contributed by atoms with Gasteiger partial charge in [0.05, 0.1) is 6.54 Å². The summed E-state index contributed by atoms with van der Waals surface area (Å²) in [5.74, 6) is 0.992. The van der Waals surface area contributed by atoms with Gasteiger partial charge in [0.25, 0.3) is 0 Å². The standard InChI is InChI=1S/C18H31N5/c1-20(2)18(21(3)4)19-14-16-6-8-17(9-7-16)15-23-12-10-22(5)11-13-23/h6-9H,10-15H2,1-5H3. The van der Waals surface area contributed by atoms with Crippen molar-refractivity contribution < 1.29 is 0 Å². The predicted octanol–water partition coefficient (Wildman–Crippen LogP) is 1.41. The summed E-state index contributed by atoms with van der Waals surface area (Å²) in [4.78, 5) is 13.7. The number of guanidine groups is 1. The third kappa shape index (κ3) is 5.52. The van der Waals surface area contributed by atoms with Gasteiger partial charge in [-0.05, 0) is 18.2 Å². The van der Waals surface area contributed by atoms with E-state index in [4.69, 9.17) is 4.99 Å². The summed E-state index contributed by atoms with van der Waals surface area (Å²) < 4.78 is 0. The Hall–Kier alpha value is -1.59. The van der Waals surface area contributed by atoms with E-state index in [1.165, 1.54) is 24.2 Å². The van der Waals surface area contributed by atoms with Gasteiger partial charge in [-0.15, -0.1) is 0 Å². The second-order valence-electron chi connectivity index (χ2n) is 6.80. The molecule has 0 unspecified atom stereocenters. The van der Waals surface area contributed by atoms with Gasteiger partial charge in [-0.2, -0.15) is 0 Å². The highest BCUT2D eigenvalue weighted by Gasteiger charge is 2.13. The molecule has 0 aliphatic carbocycles. The molecule has 0 aromatic heterocycles. The Morgan fingerprint density at radius 3 is 1.96 bits per heavy atom. The largest absolute Gasteiger partial charge is 0.349 e. The van der Waals surface area contributed by atoms with Crippen molar-refractivity contribution in [3.05, 3.63) is 35.4 Å². The molecule has 1 aliphatic heterocycles. The van der Waals surface area contributed by atoms with Crippen LogP contribution in [0.25, 0.3) is 0 Å². The number of hydrogen-bond acceptors (Lipinski definition) is 3. The number of piperazine rings is 1. The van der Waals surface area contributed by atoms with E-state index >= 15 is 0 Å². The van der Waals surface area contributed by atoms with Crippen LogP contribution in [0, 0.1) is 0 Å². The maximum Gasteiger partial charge on any atom is 0.195 e. The number of hydrogen-bond donors (Lipinski definition) is 0. The lowest BCUT2D eigenvalue weighted by atomic mass is 10.1. The minimum Gasteiger partial charge on any atom is -0.349 e. The molecule has 0 N–H and O–H groups in total. The van der Waals surface area contributed by atoms with E-state index in [-0.39, 0.29) is 0 Å². The van der Waals surface area contributed by atoms with Crippen LogP contribution in [0.1, 0.15) is 11.1 Å². The van der Waals surface area contributed by atoms with Crippen molar-refractivity contribution in [2.24, 2.45) is 4.99 Å². The van der Waals surface area contributed by atoms with E-state index in [0.717, 1.165) is 32.1 Å². The van der Waals surface area contributed by atoms with Gasteiger partial charge in [-0.3, -0.25) is 4.90 Å². The molecule has 1 aromatic rings. The van der Waals surface area contributed by atoms with Crippen molar-refractivity contribution in [1.29, 1.82) is 0 Å². The molecule has 1 fully saturated rings. The minimum absolute atomic E-state index is 0.723. The zero-order valence-electron chi connectivity index (χ0n) is 15.3. The highest BCUT2D eigenvalue weighted by atomic mass is 15.3. The smallest absolute Gasteiger partial charge is 0.195 e. The van der Waals surface area contributed by atoms with Crippen LogP contribution in [0.2, 0.25) is 0 Å². The first-order valence-corrected chi connectivity index (χ1v) is 8.33. The summed E-state index contributed by atoms with van der Waals surface area (Å²) in [6.07, 6.45) is 0. The van der Waals surface area contributed by atoms with Gasteiger partial charge in [0.2, 0.25) is 0 Å². The average molecular weight is 317 g/mol. The number of likely N-dealkylation sites (N-methyl/N-ethyl adjacent to an activating group) is 1. The maximum absolute atomic E-state index is 4.70. The van der Waals surface area contributed by atoms with Crippen LogP contribution < -0.4 is 0 Å². The van der Waals surface area contributed by atoms with E-state index in [2.05, 4.69) is 41.1 Å².